The van der Waals surface area contributed by atoms with Gasteiger partial charge in [-0.3, -0.25) is 9.59 Å². The van der Waals surface area contributed by atoms with E-state index in [2.05, 4.69) is 4.98 Å². The third kappa shape index (κ3) is 4.88. The number of halogens is 1. The van der Waals surface area contributed by atoms with Crippen molar-refractivity contribution in [3.8, 4) is 11.5 Å². The van der Waals surface area contributed by atoms with E-state index < -0.39 is 0 Å². The molecule has 1 aromatic heterocycles. The Kier molecular flexibility index (Phi) is 6.58. The topological polar surface area (TPSA) is 74.9 Å². The van der Waals surface area contributed by atoms with Crippen molar-refractivity contribution in [2.45, 2.75) is 12.6 Å². The first-order valence-corrected chi connectivity index (χ1v) is 11.7. The number of nitrogens with zero attached hydrogens (tertiary/aromatic N) is 2. The maximum Gasteiger partial charge on any atom is 0.270 e. The monoisotopic (exact) mass is 487 g/mol. The Morgan fingerprint density at radius 1 is 1.06 bits per heavy atom. The van der Waals surface area contributed by atoms with Gasteiger partial charge in [-0.2, -0.15) is 0 Å². The summed E-state index contributed by atoms with van der Waals surface area (Å²) >= 11 is 0. The molecule has 3 aromatic carbocycles. The highest BCUT2D eigenvalue weighted by Gasteiger charge is 2.36. The summed E-state index contributed by atoms with van der Waals surface area (Å²) in [6.45, 7) is 0.827. The fourth-order valence-electron chi connectivity index (χ4n) is 4.48. The van der Waals surface area contributed by atoms with E-state index in [0.29, 0.717) is 30.3 Å². The number of rotatable bonds is 7. The van der Waals surface area contributed by atoms with Crippen LogP contribution < -0.4 is 9.47 Å². The lowest BCUT2D eigenvalue weighted by atomic mass is 10.1. The molecule has 5 rings (SSSR count). The zero-order valence-electron chi connectivity index (χ0n) is 19.8. The molecule has 1 fully saturated rings. The van der Waals surface area contributed by atoms with Crippen LogP contribution in [-0.2, 0) is 11.3 Å². The standard InChI is InChI=1S/C28H26FN3O4/c1-35-26-9-5-8-24-23(26)14-25(30-24)28(34)31-16-21(18-36-22-12-10-20(29)11-13-22)32(27(33)17-31)15-19-6-3-2-4-7-19/h2-14,21,30H,15-18H2,1H3/t21-/m1/s1. The molecule has 0 saturated carbocycles. The summed E-state index contributed by atoms with van der Waals surface area (Å²) in [7, 11) is 1.58. The third-order valence-electron chi connectivity index (χ3n) is 6.33. The van der Waals surface area contributed by atoms with Crippen molar-refractivity contribution in [3.63, 3.8) is 0 Å². The largest absolute Gasteiger partial charge is 0.496 e. The minimum atomic E-state index is -0.389. The number of hydrogen-bond donors (Lipinski definition) is 1. The van der Waals surface area contributed by atoms with Crippen LogP contribution in [0.25, 0.3) is 10.9 Å². The van der Waals surface area contributed by atoms with Crippen molar-refractivity contribution in [1.82, 2.24) is 14.8 Å². The van der Waals surface area contributed by atoms with E-state index in [9.17, 15) is 14.0 Å². The van der Waals surface area contributed by atoms with Crippen LogP contribution in [0.5, 0.6) is 11.5 Å². The number of aromatic nitrogens is 1. The molecule has 4 aromatic rings. The second kappa shape index (κ2) is 10.1. The Morgan fingerprint density at radius 3 is 2.58 bits per heavy atom. The Bertz CT molecular complexity index is 1370. The number of piperazine rings is 1. The average Bonchev–Trinajstić information content (AvgIpc) is 3.34. The molecule has 2 heterocycles. The predicted octanol–water partition coefficient (Wildman–Crippen LogP) is 4.25. The van der Waals surface area contributed by atoms with E-state index in [4.69, 9.17) is 9.47 Å². The summed E-state index contributed by atoms with van der Waals surface area (Å²) in [6, 6.07) is 22.3. The second-order valence-corrected chi connectivity index (χ2v) is 8.72. The molecule has 0 bridgehead atoms. The van der Waals surface area contributed by atoms with Gasteiger partial charge in [0.25, 0.3) is 5.91 Å². The quantitative estimate of drug-likeness (QED) is 0.423. The molecule has 0 unspecified atom stereocenters. The van der Waals surface area contributed by atoms with Crippen molar-refractivity contribution in [2.24, 2.45) is 0 Å². The second-order valence-electron chi connectivity index (χ2n) is 8.72. The van der Waals surface area contributed by atoms with Crippen LogP contribution in [0.4, 0.5) is 4.39 Å². The lowest BCUT2D eigenvalue weighted by Crippen LogP contribution is -2.59. The molecule has 184 valence electrons. The normalized spacial score (nSPS) is 15.8. The summed E-state index contributed by atoms with van der Waals surface area (Å²) in [6.07, 6.45) is 0. The van der Waals surface area contributed by atoms with Crippen LogP contribution in [0.3, 0.4) is 0 Å². The number of H-pyrrole nitrogens is 1. The molecule has 1 aliphatic heterocycles. The smallest absolute Gasteiger partial charge is 0.270 e. The van der Waals surface area contributed by atoms with Gasteiger partial charge in [-0.15, -0.1) is 0 Å². The lowest BCUT2D eigenvalue weighted by molar-refractivity contribution is -0.140. The highest BCUT2D eigenvalue weighted by molar-refractivity contribution is 6.01. The van der Waals surface area contributed by atoms with Crippen LogP contribution in [-0.4, -0.2) is 59.4 Å². The number of amides is 2. The molecule has 1 atom stereocenters. The van der Waals surface area contributed by atoms with Gasteiger partial charge in [0.2, 0.25) is 5.91 Å². The van der Waals surface area contributed by atoms with E-state index in [0.717, 1.165) is 16.5 Å². The number of hydrogen-bond acceptors (Lipinski definition) is 4. The van der Waals surface area contributed by atoms with E-state index in [1.54, 1.807) is 35.1 Å². The lowest BCUT2D eigenvalue weighted by Gasteiger charge is -2.40. The first-order chi connectivity index (χ1) is 17.5. The minimum absolute atomic E-state index is 0.0365. The van der Waals surface area contributed by atoms with Crippen LogP contribution in [0.1, 0.15) is 16.1 Å². The van der Waals surface area contributed by atoms with Gasteiger partial charge in [0.05, 0.1) is 13.2 Å². The average molecular weight is 488 g/mol. The van der Waals surface area contributed by atoms with Gasteiger partial charge in [-0.1, -0.05) is 36.4 Å². The first kappa shape index (κ1) is 23.4. The Labute approximate surface area is 208 Å². The SMILES string of the molecule is COc1cccc2[nH]c(C(=O)N3CC(=O)N(Cc4ccccc4)[C@@H](COc4ccc(F)cc4)C3)cc12. The molecule has 1 saturated heterocycles. The molecule has 0 aliphatic carbocycles. The summed E-state index contributed by atoms with van der Waals surface area (Å²) in [5, 5.41) is 0.800. The molecule has 1 N–H and O–H groups in total. The van der Waals surface area contributed by atoms with Gasteiger partial charge in [-0.25, -0.2) is 4.39 Å². The molecule has 2 amide bonds. The van der Waals surface area contributed by atoms with Crippen molar-refractivity contribution in [3.05, 3.63) is 95.9 Å². The molecular formula is C28H26FN3O4. The van der Waals surface area contributed by atoms with Crippen molar-refractivity contribution in [2.75, 3.05) is 26.8 Å². The van der Waals surface area contributed by atoms with E-state index in [1.807, 2.05) is 48.5 Å². The highest BCUT2D eigenvalue weighted by Crippen LogP contribution is 2.27. The molecule has 8 heteroatoms. The number of methoxy groups -OCH3 is 1. The summed E-state index contributed by atoms with van der Waals surface area (Å²) < 4.78 is 24.6. The van der Waals surface area contributed by atoms with Crippen molar-refractivity contribution < 1.29 is 23.5 Å². The number of nitrogens with one attached hydrogen (secondary N) is 1. The van der Waals surface area contributed by atoms with Gasteiger partial charge < -0.3 is 24.3 Å². The van der Waals surface area contributed by atoms with Crippen molar-refractivity contribution >= 4 is 22.7 Å². The van der Waals surface area contributed by atoms with Crippen molar-refractivity contribution in [1.29, 1.82) is 0 Å². The van der Waals surface area contributed by atoms with Crippen LogP contribution >= 0.6 is 0 Å². The zero-order valence-corrected chi connectivity index (χ0v) is 19.8. The third-order valence-corrected chi connectivity index (χ3v) is 6.33. The number of benzene rings is 3. The number of carbonyl (C=O) groups is 2. The van der Waals surface area contributed by atoms with Crippen LogP contribution in [0.2, 0.25) is 0 Å². The number of carbonyl (C=O) groups excluding carboxylic acids is 2. The fraction of sp³-hybridized carbons (Fsp3) is 0.214. The Hall–Kier alpha value is -4.33. The van der Waals surface area contributed by atoms with E-state index in [1.165, 1.54) is 12.1 Å². The first-order valence-electron chi connectivity index (χ1n) is 11.7. The summed E-state index contributed by atoms with van der Waals surface area (Å²) in [4.78, 5) is 33.2. The van der Waals surface area contributed by atoms with Crippen LogP contribution in [0.15, 0.2) is 78.9 Å². The molecule has 7 nitrogen and oxygen atoms in total. The van der Waals surface area contributed by atoms with Gasteiger partial charge in [0.15, 0.2) is 0 Å². The molecule has 0 radical (unpaired) electrons. The number of aromatic amines is 1. The van der Waals surface area contributed by atoms with E-state index in [-0.39, 0.29) is 36.8 Å². The van der Waals surface area contributed by atoms with Gasteiger partial charge >= 0.3 is 0 Å². The number of ether oxygens (including phenoxy) is 2. The Morgan fingerprint density at radius 2 is 1.83 bits per heavy atom. The van der Waals surface area contributed by atoms with Gasteiger partial charge in [0.1, 0.15) is 36.2 Å². The zero-order chi connectivity index (χ0) is 25.1. The maximum absolute atomic E-state index is 13.4. The predicted molar refractivity (Wildman–Crippen MR) is 133 cm³/mol. The maximum atomic E-state index is 13.4. The summed E-state index contributed by atoms with van der Waals surface area (Å²) in [5.74, 6) is 0.368. The summed E-state index contributed by atoms with van der Waals surface area (Å²) in [5.41, 5.74) is 2.15. The van der Waals surface area contributed by atoms with E-state index >= 15 is 0 Å². The highest BCUT2D eigenvalue weighted by atomic mass is 19.1. The van der Waals surface area contributed by atoms with Gasteiger partial charge in [-0.05, 0) is 48.0 Å². The molecule has 1 aliphatic rings. The Balaban J connectivity index is 1.38. The van der Waals surface area contributed by atoms with Crippen LogP contribution in [0, 0.1) is 5.82 Å². The fourth-order valence-corrected chi connectivity index (χ4v) is 4.48. The minimum Gasteiger partial charge on any atom is -0.496 e. The molecular weight excluding hydrogens is 461 g/mol. The number of fused-ring (bicyclic) bond motifs is 1. The van der Waals surface area contributed by atoms with Gasteiger partial charge in [0, 0.05) is 24.0 Å². The molecule has 0 spiro atoms. The molecule has 36 heavy (non-hydrogen) atoms.